The lowest BCUT2D eigenvalue weighted by Gasteiger charge is -2.06. The number of aryl methyl sites for hydroxylation is 2. The Morgan fingerprint density at radius 2 is 1.61 bits per heavy atom. The Kier molecular flexibility index (Phi) is 2.80. The molecule has 1 heterocycles. The van der Waals surface area contributed by atoms with Crippen LogP contribution in [0.4, 0.5) is 13.2 Å². The molecule has 3 nitrogen and oxygen atoms in total. The first kappa shape index (κ1) is 12.5. The van der Waals surface area contributed by atoms with E-state index in [-0.39, 0.29) is 0 Å². The van der Waals surface area contributed by atoms with Gasteiger partial charge in [0.15, 0.2) is 0 Å². The molecule has 0 fully saturated rings. The topological polar surface area (TPSA) is 37.8 Å². The summed E-state index contributed by atoms with van der Waals surface area (Å²) in [6, 6.07) is 5.72. The van der Waals surface area contributed by atoms with Gasteiger partial charge in [0.25, 0.3) is 5.56 Å². The maximum Gasteiger partial charge on any atom is 0.432 e. The van der Waals surface area contributed by atoms with E-state index < -0.39 is 17.4 Å². The number of rotatable bonds is 1. The number of H-pyrrole nitrogens is 1. The number of benzene rings is 1. The van der Waals surface area contributed by atoms with Crippen LogP contribution in [0.2, 0.25) is 0 Å². The monoisotopic (exact) mass is 256 g/mol. The predicted octanol–water partition coefficient (Wildman–Crippen LogP) is 2.80. The van der Waals surface area contributed by atoms with Gasteiger partial charge in [-0.3, -0.25) is 9.89 Å². The minimum atomic E-state index is -4.55. The summed E-state index contributed by atoms with van der Waals surface area (Å²) in [5, 5.41) is 2.07. The van der Waals surface area contributed by atoms with Gasteiger partial charge in [0.2, 0.25) is 0 Å². The normalized spacial score (nSPS) is 11.8. The van der Waals surface area contributed by atoms with Crippen molar-refractivity contribution in [3.8, 4) is 5.69 Å². The Morgan fingerprint density at radius 1 is 1.06 bits per heavy atom. The number of aromatic nitrogens is 2. The molecular weight excluding hydrogens is 245 g/mol. The van der Waals surface area contributed by atoms with Crippen LogP contribution in [0.15, 0.2) is 29.1 Å². The molecule has 2 rings (SSSR count). The van der Waals surface area contributed by atoms with Gasteiger partial charge < -0.3 is 0 Å². The standard InChI is InChI=1S/C12H11F3N2O/c1-7-3-8(2)5-9(4-7)17-11(18)6-10(16-17)12(13,14)15/h3-6,16H,1-2H3. The largest absolute Gasteiger partial charge is 0.432 e. The van der Waals surface area contributed by atoms with Crippen molar-refractivity contribution in [2.45, 2.75) is 20.0 Å². The van der Waals surface area contributed by atoms with Crippen LogP contribution in [0.25, 0.3) is 5.69 Å². The van der Waals surface area contributed by atoms with Crippen molar-refractivity contribution in [1.82, 2.24) is 9.78 Å². The van der Waals surface area contributed by atoms with Crippen molar-refractivity contribution in [3.63, 3.8) is 0 Å². The molecule has 18 heavy (non-hydrogen) atoms. The van der Waals surface area contributed by atoms with E-state index in [4.69, 9.17) is 0 Å². The molecule has 0 amide bonds. The number of hydrogen-bond donors (Lipinski definition) is 1. The number of nitrogens with one attached hydrogen (secondary N) is 1. The van der Waals surface area contributed by atoms with E-state index in [1.54, 1.807) is 12.1 Å². The summed E-state index contributed by atoms with van der Waals surface area (Å²) >= 11 is 0. The summed E-state index contributed by atoms with van der Waals surface area (Å²) < 4.78 is 38.3. The molecule has 0 aliphatic heterocycles. The van der Waals surface area contributed by atoms with Gasteiger partial charge >= 0.3 is 6.18 Å². The van der Waals surface area contributed by atoms with E-state index in [2.05, 4.69) is 5.10 Å². The quantitative estimate of drug-likeness (QED) is 0.837. The van der Waals surface area contributed by atoms with E-state index >= 15 is 0 Å². The first-order valence-electron chi connectivity index (χ1n) is 5.25. The van der Waals surface area contributed by atoms with Crippen LogP contribution >= 0.6 is 0 Å². The van der Waals surface area contributed by atoms with E-state index in [0.29, 0.717) is 11.8 Å². The maximum atomic E-state index is 12.5. The summed E-state index contributed by atoms with van der Waals surface area (Å²) in [7, 11) is 0. The molecule has 0 aliphatic rings. The second kappa shape index (κ2) is 4.04. The average molecular weight is 256 g/mol. The molecule has 0 saturated carbocycles. The van der Waals surface area contributed by atoms with Crippen molar-refractivity contribution >= 4 is 0 Å². The van der Waals surface area contributed by atoms with Gasteiger partial charge in [0.1, 0.15) is 5.69 Å². The minimum absolute atomic E-state index is 0.396. The fourth-order valence-electron chi connectivity index (χ4n) is 1.81. The summed E-state index contributed by atoms with van der Waals surface area (Å²) in [5.41, 5.74) is 0.368. The SMILES string of the molecule is Cc1cc(C)cc(-n2[nH]c(C(F)(F)F)cc2=O)c1. The van der Waals surface area contributed by atoms with Crippen molar-refractivity contribution in [2.75, 3.05) is 0 Å². The zero-order valence-corrected chi connectivity index (χ0v) is 9.80. The van der Waals surface area contributed by atoms with Gasteiger partial charge in [-0.15, -0.1) is 0 Å². The van der Waals surface area contributed by atoms with Crippen LogP contribution in [-0.4, -0.2) is 9.78 Å². The lowest BCUT2D eigenvalue weighted by atomic mass is 10.1. The molecule has 6 heteroatoms. The van der Waals surface area contributed by atoms with Gasteiger partial charge in [-0.25, -0.2) is 4.68 Å². The van der Waals surface area contributed by atoms with Gasteiger partial charge in [-0.1, -0.05) is 6.07 Å². The molecule has 0 radical (unpaired) electrons. The Morgan fingerprint density at radius 3 is 2.06 bits per heavy atom. The van der Waals surface area contributed by atoms with Crippen LogP contribution in [-0.2, 0) is 6.18 Å². The molecule has 0 atom stereocenters. The number of halogens is 3. The third-order valence-corrected chi connectivity index (χ3v) is 2.49. The molecule has 96 valence electrons. The van der Waals surface area contributed by atoms with E-state index in [0.717, 1.165) is 15.8 Å². The van der Waals surface area contributed by atoms with Gasteiger partial charge in [-0.05, 0) is 37.1 Å². The second-order valence-corrected chi connectivity index (χ2v) is 4.19. The fraction of sp³-hybridized carbons (Fsp3) is 0.250. The average Bonchev–Trinajstić information content (AvgIpc) is 2.58. The lowest BCUT2D eigenvalue weighted by Crippen LogP contribution is -2.14. The Balaban J connectivity index is 2.58. The number of hydrogen-bond acceptors (Lipinski definition) is 1. The third-order valence-electron chi connectivity index (χ3n) is 2.49. The number of alkyl halides is 3. The summed E-state index contributed by atoms with van der Waals surface area (Å²) in [5.74, 6) is 0. The fourth-order valence-corrected chi connectivity index (χ4v) is 1.81. The van der Waals surface area contributed by atoms with Gasteiger partial charge in [0.05, 0.1) is 5.69 Å². The highest BCUT2D eigenvalue weighted by atomic mass is 19.4. The van der Waals surface area contributed by atoms with Gasteiger partial charge in [0, 0.05) is 6.07 Å². The summed E-state index contributed by atoms with van der Waals surface area (Å²) in [6.45, 7) is 3.63. The predicted molar refractivity (Wildman–Crippen MR) is 60.9 cm³/mol. The van der Waals surface area contributed by atoms with Crippen molar-refractivity contribution in [1.29, 1.82) is 0 Å². The molecule has 0 bridgehead atoms. The smallest absolute Gasteiger partial charge is 0.286 e. The zero-order chi connectivity index (χ0) is 13.5. The lowest BCUT2D eigenvalue weighted by molar-refractivity contribution is -0.141. The Bertz CT molecular complexity index is 617. The van der Waals surface area contributed by atoms with E-state index in [1.165, 1.54) is 0 Å². The van der Waals surface area contributed by atoms with Crippen molar-refractivity contribution in [3.05, 3.63) is 51.4 Å². The second-order valence-electron chi connectivity index (χ2n) is 4.19. The molecule has 0 spiro atoms. The highest BCUT2D eigenvalue weighted by Gasteiger charge is 2.33. The molecule has 2 aromatic rings. The van der Waals surface area contributed by atoms with E-state index in [1.807, 2.05) is 19.9 Å². The first-order chi connectivity index (χ1) is 8.27. The molecule has 0 unspecified atom stereocenters. The maximum absolute atomic E-state index is 12.5. The van der Waals surface area contributed by atoms with Crippen LogP contribution in [0.1, 0.15) is 16.8 Å². The van der Waals surface area contributed by atoms with Crippen molar-refractivity contribution in [2.24, 2.45) is 0 Å². The molecular formula is C12H11F3N2O. The summed E-state index contributed by atoms with van der Waals surface area (Å²) in [6.07, 6.45) is -4.55. The molecule has 1 aromatic carbocycles. The minimum Gasteiger partial charge on any atom is -0.286 e. The number of aromatic amines is 1. The van der Waals surface area contributed by atoms with E-state index in [9.17, 15) is 18.0 Å². The highest BCUT2D eigenvalue weighted by Crippen LogP contribution is 2.26. The third kappa shape index (κ3) is 2.32. The molecule has 0 saturated heterocycles. The van der Waals surface area contributed by atoms with Crippen LogP contribution < -0.4 is 5.56 Å². The van der Waals surface area contributed by atoms with Crippen LogP contribution in [0.3, 0.4) is 0 Å². The highest BCUT2D eigenvalue weighted by molar-refractivity contribution is 5.39. The molecule has 0 aliphatic carbocycles. The van der Waals surface area contributed by atoms with Crippen LogP contribution in [0, 0.1) is 13.8 Å². The van der Waals surface area contributed by atoms with Crippen molar-refractivity contribution < 1.29 is 13.2 Å². The first-order valence-corrected chi connectivity index (χ1v) is 5.25. The summed E-state index contributed by atoms with van der Waals surface area (Å²) in [4.78, 5) is 11.5. The Hall–Kier alpha value is -1.98. The molecule has 1 N–H and O–H groups in total. The van der Waals surface area contributed by atoms with Crippen LogP contribution in [0.5, 0.6) is 0 Å². The molecule has 1 aromatic heterocycles. The zero-order valence-electron chi connectivity index (χ0n) is 9.80. The Labute approximate surface area is 101 Å². The number of nitrogens with zero attached hydrogens (tertiary/aromatic N) is 1. The van der Waals surface area contributed by atoms with Gasteiger partial charge in [-0.2, -0.15) is 13.2 Å².